The average molecular weight is 242 g/mol. The topological polar surface area (TPSA) is 66.8 Å². The van der Waals surface area contributed by atoms with Gasteiger partial charge < -0.3 is 14.9 Å². The third-order valence-electron chi connectivity index (χ3n) is 3.46. The van der Waals surface area contributed by atoms with Crippen LogP contribution in [0.4, 0.5) is 0 Å². The Hall–Kier alpha value is -0.870. The van der Waals surface area contributed by atoms with Gasteiger partial charge in [0.15, 0.2) is 0 Å². The highest BCUT2D eigenvalue weighted by atomic mass is 16.6. The zero-order valence-corrected chi connectivity index (χ0v) is 10.7. The summed E-state index contributed by atoms with van der Waals surface area (Å²) < 4.78 is 5.24. The molecule has 0 aromatic heterocycles. The lowest BCUT2D eigenvalue weighted by Gasteiger charge is -2.28. The van der Waals surface area contributed by atoms with E-state index < -0.39 is 6.10 Å². The fourth-order valence-corrected chi connectivity index (χ4v) is 2.38. The summed E-state index contributed by atoms with van der Waals surface area (Å²) in [6.45, 7) is 5.72. The maximum Gasteiger partial charge on any atom is 0.306 e. The van der Waals surface area contributed by atoms with E-state index in [1.165, 1.54) is 0 Å². The van der Waals surface area contributed by atoms with E-state index in [0.717, 1.165) is 0 Å². The van der Waals surface area contributed by atoms with Crippen molar-refractivity contribution in [1.82, 2.24) is 0 Å². The molecule has 1 heterocycles. The largest absolute Gasteiger partial charge is 0.462 e. The van der Waals surface area contributed by atoms with Gasteiger partial charge in [0.05, 0.1) is 19.1 Å². The highest BCUT2D eigenvalue weighted by Gasteiger charge is 2.39. The fraction of sp³-hybridized carbons (Fsp3) is 0.769. The molecule has 0 saturated carbocycles. The van der Waals surface area contributed by atoms with Crippen molar-refractivity contribution in [1.29, 1.82) is 0 Å². The first-order chi connectivity index (χ1) is 7.97. The van der Waals surface area contributed by atoms with Gasteiger partial charge in [0.1, 0.15) is 6.10 Å². The Balaban J connectivity index is 2.59. The van der Waals surface area contributed by atoms with Gasteiger partial charge in [0.25, 0.3) is 0 Å². The van der Waals surface area contributed by atoms with Crippen LogP contribution < -0.4 is 0 Å². The van der Waals surface area contributed by atoms with Crippen LogP contribution in [0.3, 0.4) is 0 Å². The minimum absolute atomic E-state index is 0.0275. The van der Waals surface area contributed by atoms with Crippen LogP contribution in [-0.2, 0) is 9.53 Å². The summed E-state index contributed by atoms with van der Waals surface area (Å²) in [5.41, 5.74) is 0. The summed E-state index contributed by atoms with van der Waals surface area (Å²) in [7, 11) is 0. The number of cyclic esters (lactones) is 1. The van der Waals surface area contributed by atoms with Gasteiger partial charge in [-0.1, -0.05) is 32.9 Å². The monoisotopic (exact) mass is 242 g/mol. The van der Waals surface area contributed by atoms with E-state index in [2.05, 4.69) is 0 Å². The van der Waals surface area contributed by atoms with Gasteiger partial charge in [-0.3, -0.25) is 4.79 Å². The molecule has 1 saturated heterocycles. The van der Waals surface area contributed by atoms with E-state index in [9.17, 15) is 9.90 Å². The summed E-state index contributed by atoms with van der Waals surface area (Å²) >= 11 is 0. The number of carbonyl (C=O) groups is 1. The normalized spacial score (nSPS) is 30.3. The van der Waals surface area contributed by atoms with E-state index >= 15 is 0 Å². The lowest BCUT2D eigenvalue weighted by molar-refractivity contribution is -0.145. The highest BCUT2D eigenvalue weighted by molar-refractivity contribution is 5.72. The van der Waals surface area contributed by atoms with Gasteiger partial charge >= 0.3 is 5.97 Å². The fourth-order valence-electron chi connectivity index (χ4n) is 2.38. The molecule has 1 fully saturated rings. The molecular weight excluding hydrogens is 220 g/mol. The number of aliphatic hydroxyl groups excluding tert-OH is 2. The molecule has 0 aromatic rings. The molecule has 4 heteroatoms. The first-order valence-electron chi connectivity index (χ1n) is 6.12. The van der Waals surface area contributed by atoms with Crippen LogP contribution in [0, 0.1) is 17.8 Å². The zero-order valence-electron chi connectivity index (χ0n) is 10.7. The van der Waals surface area contributed by atoms with Crippen LogP contribution in [-0.4, -0.2) is 35.0 Å². The number of hydrogen-bond acceptors (Lipinski definition) is 4. The van der Waals surface area contributed by atoms with Crippen molar-refractivity contribution < 1.29 is 19.7 Å². The van der Waals surface area contributed by atoms with Gasteiger partial charge in [0, 0.05) is 17.8 Å². The molecule has 2 N–H and O–H groups in total. The third-order valence-corrected chi connectivity index (χ3v) is 3.46. The minimum Gasteiger partial charge on any atom is -0.462 e. The second kappa shape index (κ2) is 6.17. The Morgan fingerprint density at radius 2 is 2.18 bits per heavy atom. The summed E-state index contributed by atoms with van der Waals surface area (Å²) in [5, 5.41) is 18.8. The van der Waals surface area contributed by atoms with E-state index in [0.29, 0.717) is 6.42 Å². The van der Waals surface area contributed by atoms with Gasteiger partial charge in [-0.05, 0) is 0 Å². The summed E-state index contributed by atoms with van der Waals surface area (Å²) in [4.78, 5) is 11.2. The molecular formula is C13H22O4. The van der Waals surface area contributed by atoms with E-state index in [-0.39, 0.29) is 36.4 Å². The SMILES string of the molecule is C[C@H]([C@H](O)[C@@H](C)/C=C/CO)[C@@H]1OC(=O)C[C@@H]1C. The number of hydrogen-bond donors (Lipinski definition) is 2. The molecule has 0 aliphatic carbocycles. The number of esters is 1. The van der Waals surface area contributed by atoms with Crippen molar-refractivity contribution in [2.75, 3.05) is 6.61 Å². The second-order valence-electron chi connectivity index (χ2n) is 4.96. The molecule has 17 heavy (non-hydrogen) atoms. The van der Waals surface area contributed by atoms with E-state index in [1.807, 2.05) is 20.8 Å². The molecule has 0 amide bonds. The van der Waals surface area contributed by atoms with Gasteiger partial charge in [0.2, 0.25) is 0 Å². The molecule has 0 radical (unpaired) electrons. The summed E-state index contributed by atoms with van der Waals surface area (Å²) in [5.74, 6) is -0.195. The summed E-state index contributed by atoms with van der Waals surface area (Å²) in [6, 6.07) is 0. The third kappa shape index (κ3) is 3.54. The van der Waals surface area contributed by atoms with Crippen molar-refractivity contribution in [3.05, 3.63) is 12.2 Å². The molecule has 4 nitrogen and oxygen atoms in total. The van der Waals surface area contributed by atoms with Crippen molar-refractivity contribution in [2.24, 2.45) is 17.8 Å². The molecule has 0 unspecified atom stereocenters. The van der Waals surface area contributed by atoms with E-state index in [4.69, 9.17) is 9.84 Å². The van der Waals surface area contributed by atoms with Crippen molar-refractivity contribution in [3.8, 4) is 0 Å². The number of carbonyl (C=O) groups excluding carboxylic acids is 1. The van der Waals surface area contributed by atoms with Crippen molar-refractivity contribution in [2.45, 2.75) is 39.4 Å². The molecule has 0 spiro atoms. The highest BCUT2D eigenvalue weighted by Crippen LogP contribution is 2.31. The predicted octanol–water partition coefficient (Wildman–Crippen LogP) is 1.12. The standard InChI is InChI=1S/C13H22O4/c1-8(5-4-6-14)12(16)10(3)13-9(2)7-11(15)17-13/h4-5,8-10,12-14,16H,6-7H2,1-3H3/b5-4+/t8-,9-,10+,12+,13+/m0/s1. The molecule has 5 atom stereocenters. The minimum atomic E-state index is -0.573. The quantitative estimate of drug-likeness (QED) is 0.560. The first-order valence-corrected chi connectivity index (χ1v) is 6.12. The molecule has 1 rings (SSSR count). The molecule has 1 aliphatic rings. The Labute approximate surface area is 102 Å². The maximum atomic E-state index is 11.2. The zero-order chi connectivity index (χ0) is 13.0. The number of aliphatic hydroxyl groups is 2. The Morgan fingerprint density at radius 3 is 2.65 bits per heavy atom. The van der Waals surface area contributed by atoms with Crippen LogP contribution in [0.25, 0.3) is 0 Å². The van der Waals surface area contributed by atoms with Crippen LogP contribution in [0.2, 0.25) is 0 Å². The van der Waals surface area contributed by atoms with Crippen molar-refractivity contribution >= 4 is 5.97 Å². The van der Waals surface area contributed by atoms with Crippen LogP contribution in [0.15, 0.2) is 12.2 Å². The Bertz CT molecular complexity index is 287. The van der Waals surface area contributed by atoms with Crippen LogP contribution in [0.5, 0.6) is 0 Å². The number of ether oxygens (including phenoxy) is 1. The molecule has 1 aliphatic heterocycles. The summed E-state index contributed by atoms with van der Waals surface area (Å²) in [6.07, 6.45) is 3.05. The maximum absolute atomic E-state index is 11.2. The van der Waals surface area contributed by atoms with Gasteiger partial charge in [-0.2, -0.15) is 0 Å². The average Bonchev–Trinajstić information content (AvgIpc) is 2.63. The van der Waals surface area contributed by atoms with Crippen LogP contribution in [0.1, 0.15) is 27.2 Å². The number of rotatable bonds is 5. The van der Waals surface area contributed by atoms with Gasteiger partial charge in [-0.25, -0.2) is 0 Å². The Kier molecular flexibility index (Phi) is 5.15. The molecule has 98 valence electrons. The van der Waals surface area contributed by atoms with Crippen molar-refractivity contribution in [3.63, 3.8) is 0 Å². The first kappa shape index (κ1) is 14.2. The molecule has 0 bridgehead atoms. The predicted molar refractivity (Wildman–Crippen MR) is 64.2 cm³/mol. The molecule has 0 aromatic carbocycles. The second-order valence-corrected chi connectivity index (χ2v) is 4.96. The smallest absolute Gasteiger partial charge is 0.306 e. The van der Waals surface area contributed by atoms with E-state index in [1.54, 1.807) is 12.2 Å². The van der Waals surface area contributed by atoms with Crippen LogP contribution >= 0.6 is 0 Å². The van der Waals surface area contributed by atoms with Gasteiger partial charge in [-0.15, -0.1) is 0 Å². The lowest BCUT2D eigenvalue weighted by Crippen LogP contribution is -2.36. The lowest BCUT2D eigenvalue weighted by atomic mass is 9.84. The Morgan fingerprint density at radius 1 is 1.53 bits per heavy atom.